The Balaban J connectivity index is 3.10. The molecule has 0 radical (unpaired) electrons. The van der Waals surface area contributed by atoms with Gasteiger partial charge in [-0.15, -0.1) is 0 Å². The van der Waals surface area contributed by atoms with Crippen molar-refractivity contribution < 1.29 is 14.6 Å². The summed E-state index contributed by atoms with van der Waals surface area (Å²) in [5.74, 6) is 0.200. The molecule has 1 aromatic carbocycles. The van der Waals surface area contributed by atoms with Gasteiger partial charge in [-0.2, -0.15) is 0 Å². The molecule has 0 saturated carbocycles. The first-order valence-corrected chi connectivity index (χ1v) is 5.84. The maximum atomic E-state index is 11.0. The van der Waals surface area contributed by atoms with Gasteiger partial charge in [0.05, 0.1) is 11.3 Å². The van der Waals surface area contributed by atoms with Crippen LogP contribution in [0, 0.1) is 0 Å². The minimum Gasteiger partial charge on any atom is -0.478 e. The van der Waals surface area contributed by atoms with E-state index in [0.29, 0.717) is 17.9 Å². The van der Waals surface area contributed by atoms with Gasteiger partial charge in [0, 0.05) is 20.5 Å². The van der Waals surface area contributed by atoms with Gasteiger partial charge in [0.25, 0.3) is 0 Å². The van der Waals surface area contributed by atoms with Crippen molar-refractivity contribution in [2.45, 2.75) is 20.3 Å². The number of carbonyl (C=O) groups is 1. The monoisotopic (exact) mass is 249 g/mol. The molecule has 0 amide bonds. The number of allylic oxidation sites excluding steroid dienone is 1. The number of aliphatic carboxylic acids is 1. The third kappa shape index (κ3) is 3.26. The minimum absolute atomic E-state index is 0.242. The molecule has 0 bridgehead atoms. The average Bonchev–Trinajstić information content (AvgIpc) is 2.35. The molecule has 0 saturated heterocycles. The number of hydrogen-bond donors (Lipinski definition) is 1. The van der Waals surface area contributed by atoms with E-state index in [1.165, 1.54) is 0 Å². The normalized spacial score (nSPS) is 11.8. The molecule has 0 aliphatic rings. The average molecular weight is 249 g/mol. The molecule has 0 heterocycles. The standard InChI is InChI=1S/C14H19NO3/c1-5-12(10(2)14(16)17)18-13-9-7-6-8-11(13)15(3)4/h6-9H,5H2,1-4H3,(H,16,17)/b12-10+. The van der Waals surface area contributed by atoms with Gasteiger partial charge in [-0.1, -0.05) is 19.1 Å². The molecule has 0 spiro atoms. The van der Waals surface area contributed by atoms with E-state index in [1.54, 1.807) is 6.92 Å². The summed E-state index contributed by atoms with van der Waals surface area (Å²) in [5, 5.41) is 8.99. The van der Waals surface area contributed by atoms with E-state index in [0.717, 1.165) is 5.69 Å². The smallest absolute Gasteiger partial charge is 0.334 e. The van der Waals surface area contributed by atoms with Crippen LogP contribution in [0.1, 0.15) is 20.3 Å². The second kappa shape index (κ2) is 6.10. The summed E-state index contributed by atoms with van der Waals surface area (Å²) < 4.78 is 5.74. The SMILES string of the molecule is CC/C(Oc1ccccc1N(C)C)=C(/C)C(=O)O. The quantitative estimate of drug-likeness (QED) is 0.644. The topological polar surface area (TPSA) is 49.8 Å². The Morgan fingerprint density at radius 2 is 1.94 bits per heavy atom. The largest absolute Gasteiger partial charge is 0.478 e. The summed E-state index contributed by atoms with van der Waals surface area (Å²) in [6.07, 6.45) is 0.542. The van der Waals surface area contributed by atoms with Crippen molar-refractivity contribution in [1.82, 2.24) is 0 Å². The molecular weight excluding hydrogens is 230 g/mol. The van der Waals surface area contributed by atoms with Crippen molar-refractivity contribution in [3.63, 3.8) is 0 Å². The highest BCUT2D eigenvalue weighted by Gasteiger charge is 2.12. The molecular formula is C14H19NO3. The van der Waals surface area contributed by atoms with Crippen molar-refractivity contribution in [1.29, 1.82) is 0 Å². The summed E-state index contributed by atoms with van der Waals surface area (Å²) in [7, 11) is 3.84. The molecule has 0 aliphatic heterocycles. The molecule has 1 N–H and O–H groups in total. The fourth-order valence-electron chi connectivity index (χ4n) is 1.58. The van der Waals surface area contributed by atoms with Crippen LogP contribution in [0.4, 0.5) is 5.69 Å². The molecule has 0 aromatic heterocycles. The Hall–Kier alpha value is -1.97. The van der Waals surface area contributed by atoms with Crippen molar-refractivity contribution >= 4 is 11.7 Å². The van der Waals surface area contributed by atoms with Crippen LogP contribution in [0.3, 0.4) is 0 Å². The third-order valence-electron chi connectivity index (χ3n) is 2.64. The Bertz CT molecular complexity index is 464. The molecule has 0 aliphatic carbocycles. The second-order valence-electron chi connectivity index (χ2n) is 4.17. The van der Waals surface area contributed by atoms with Crippen LogP contribution >= 0.6 is 0 Å². The summed E-state index contributed by atoms with van der Waals surface area (Å²) in [5.41, 5.74) is 1.16. The molecule has 4 nitrogen and oxygen atoms in total. The van der Waals surface area contributed by atoms with E-state index < -0.39 is 5.97 Å². The zero-order valence-corrected chi connectivity index (χ0v) is 11.2. The number of para-hydroxylation sites is 2. The fourth-order valence-corrected chi connectivity index (χ4v) is 1.58. The zero-order valence-electron chi connectivity index (χ0n) is 11.2. The Labute approximate surface area is 107 Å². The lowest BCUT2D eigenvalue weighted by atomic mass is 10.2. The maximum absolute atomic E-state index is 11.0. The van der Waals surface area contributed by atoms with Gasteiger partial charge in [-0.3, -0.25) is 0 Å². The van der Waals surface area contributed by atoms with Gasteiger partial charge in [0.2, 0.25) is 0 Å². The summed E-state index contributed by atoms with van der Waals surface area (Å²) in [6.45, 7) is 3.43. The van der Waals surface area contributed by atoms with Gasteiger partial charge in [-0.05, 0) is 19.1 Å². The van der Waals surface area contributed by atoms with E-state index in [2.05, 4.69) is 0 Å². The van der Waals surface area contributed by atoms with Gasteiger partial charge < -0.3 is 14.7 Å². The molecule has 1 rings (SSSR count). The van der Waals surface area contributed by atoms with Crippen LogP contribution in [-0.2, 0) is 4.79 Å². The summed E-state index contributed by atoms with van der Waals surface area (Å²) in [4.78, 5) is 12.9. The van der Waals surface area contributed by atoms with Crippen molar-refractivity contribution in [2.24, 2.45) is 0 Å². The molecule has 0 atom stereocenters. The summed E-state index contributed by atoms with van der Waals surface area (Å²) >= 11 is 0. The van der Waals surface area contributed by atoms with E-state index in [9.17, 15) is 4.79 Å². The third-order valence-corrected chi connectivity index (χ3v) is 2.64. The lowest BCUT2D eigenvalue weighted by Gasteiger charge is -2.18. The molecule has 0 unspecified atom stereocenters. The Morgan fingerprint density at radius 1 is 1.33 bits per heavy atom. The van der Waals surface area contributed by atoms with Crippen LogP contribution in [0.25, 0.3) is 0 Å². The first-order chi connectivity index (χ1) is 8.47. The van der Waals surface area contributed by atoms with Crippen molar-refractivity contribution in [3.8, 4) is 5.75 Å². The van der Waals surface area contributed by atoms with Gasteiger partial charge in [0.15, 0.2) is 0 Å². The minimum atomic E-state index is -0.950. The molecule has 1 aromatic rings. The van der Waals surface area contributed by atoms with E-state index in [1.807, 2.05) is 50.2 Å². The number of nitrogens with zero attached hydrogens (tertiary/aromatic N) is 1. The van der Waals surface area contributed by atoms with E-state index in [4.69, 9.17) is 9.84 Å². The predicted octanol–water partition coefficient (Wildman–Crippen LogP) is 2.90. The van der Waals surface area contributed by atoms with Crippen LogP contribution < -0.4 is 9.64 Å². The number of rotatable bonds is 5. The van der Waals surface area contributed by atoms with E-state index >= 15 is 0 Å². The van der Waals surface area contributed by atoms with Crippen LogP contribution in [0.5, 0.6) is 5.75 Å². The van der Waals surface area contributed by atoms with Gasteiger partial charge >= 0.3 is 5.97 Å². The predicted molar refractivity (Wildman–Crippen MR) is 72.0 cm³/mol. The highest BCUT2D eigenvalue weighted by molar-refractivity contribution is 5.86. The highest BCUT2D eigenvalue weighted by atomic mass is 16.5. The number of hydrogen-bond acceptors (Lipinski definition) is 3. The van der Waals surface area contributed by atoms with E-state index in [-0.39, 0.29) is 5.57 Å². The second-order valence-corrected chi connectivity index (χ2v) is 4.17. The number of anilines is 1. The lowest BCUT2D eigenvalue weighted by molar-refractivity contribution is -0.132. The first-order valence-electron chi connectivity index (χ1n) is 5.84. The molecule has 98 valence electrons. The number of carboxylic acid groups (broad SMARTS) is 1. The molecule has 18 heavy (non-hydrogen) atoms. The number of benzene rings is 1. The first kappa shape index (κ1) is 14.1. The fraction of sp³-hybridized carbons (Fsp3) is 0.357. The van der Waals surface area contributed by atoms with Crippen LogP contribution in [0.2, 0.25) is 0 Å². The van der Waals surface area contributed by atoms with Crippen LogP contribution in [0.15, 0.2) is 35.6 Å². The van der Waals surface area contributed by atoms with Crippen LogP contribution in [-0.4, -0.2) is 25.2 Å². The van der Waals surface area contributed by atoms with Crippen molar-refractivity contribution in [3.05, 3.63) is 35.6 Å². The van der Waals surface area contributed by atoms with Gasteiger partial charge in [-0.25, -0.2) is 4.79 Å². The Morgan fingerprint density at radius 3 is 2.44 bits per heavy atom. The van der Waals surface area contributed by atoms with Gasteiger partial charge in [0.1, 0.15) is 11.5 Å². The maximum Gasteiger partial charge on any atom is 0.334 e. The number of ether oxygens (including phenoxy) is 1. The van der Waals surface area contributed by atoms with Crippen molar-refractivity contribution in [2.75, 3.05) is 19.0 Å². The number of carboxylic acids is 1. The lowest BCUT2D eigenvalue weighted by Crippen LogP contribution is -2.12. The molecule has 4 heteroatoms. The molecule has 0 fully saturated rings. The Kier molecular flexibility index (Phi) is 4.77. The zero-order chi connectivity index (χ0) is 13.7. The summed E-state index contributed by atoms with van der Waals surface area (Å²) in [6, 6.07) is 7.55. The highest BCUT2D eigenvalue weighted by Crippen LogP contribution is 2.29.